The molecule has 0 saturated carbocycles. The van der Waals surface area contributed by atoms with Gasteiger partial charge in [-0.2, -0.15) is 0 Å². The summed E-state index contributed by atoms with van der Waals surface area (Å²) in [7, 11) is -2.88. The van der Waals surface area contributed by atoms with Crippen LogP contribution in [0.1, 0.15) is 19.1 Å². The first-order chi connectivity index (χ1) is 7.58. The largest absolute Gasteiger partial charge is 0.468 e. The maximum atomic E-state index is 11.7. The van der Waals surface area contributed by atoms with E-state index < -0.39 is 9.84 Å². The summed E-state index contributed by atoms with van der Waals surface area (Å²) in [6.07, 6.45) is 2.36. The van der Waals surface area contributed by atoms with Gasteiger partial charge >= 0.3 is 0 Å². The summed E-state index contributed by atoms with van der Waals surface area (Å²) in [5.74, 6) is 1.15. The van der Waals surface area contributed by atoms with E-state index in [0.717, 1.165) is 12.3 Å². The highest BCUT2D eigenvalue weighted by Crippen LogP contribution is 2.15. The van der Waals surface area contributed by atoms with Crippen molar-refractivity contribution in [3.8, 4) is 0 Å². The van der Waals surface area contributed by atoms with Crippen LogP contribution in [0.2, 0.25) is 0 Å². The van der Waals surface area contributed by atoms with Crippen molar-refractivity contribution >= 4 is 9.84 Å². The van der Waals surface area contributed by atoms with Gasteiger partial charge in [-0.3, -0.25) is 4.90 Å². The van der Waals surface area contributed by atoms with E-state index in [1.165, 1.54) is 0 Å². The van der Waals surface area contributed by atoms with Crippen LogP contribution in [0, 0.1) is 0 Å². The molecule has 16 heavy (non-hydrogen) atoms. The molecule has 1 aliphatic heterocycles. The summed E-state index contributed by atoms with van der Waals surface area (Å²) in [5, 5.41) is -0.214. The first-order valence-electron chi connectivity index (χ1n) is 5.54. The molecule has 0 N–H and O–H groups in total. The van der Waals surface area contributed by atoms with Gasteiger partial charge in [-0.25, -0.2) is 8.42 Å². The Bertz CT molecular complexity index is 424. The van der Waals surface area contributed by atoms with E-state index in [-0.39, 0.29) is 11.0 Å². The van der Waals surface area contributed by atoms with E-state index >= 15 is 0 Å². The normalized spacial score (nSPS) is 26.4. The number of sulfone groups is 1. The van der Waals surface area contributed by atoms with Crippen LogP contribution in [0.4, 0.5) is 0 Å². The van der Waals surface area contributed by atoms with Crippen LogP contribution in [0.25, 0.3) is 0 Å². The number of hydrogen-bond donors (Lipinski definition) is 0. The van der Waals surface area contributed by atoms with Gasteiger partial charge in [0.05, 0.1) is 23.8 Å². The Morgan fingerprint density at radius 3 is 3.00 bits per heavy atom. The summed E-state index contributed by atoms with van der Waals surface area (Å²) in [5.41, 5.74) is 0. The van der Waals surface area contributed by atoms with Crippen molar-refractivity contribution in [2.24, 2.45) is 0 Å². The van der Waals surface area contributed by atoms with E-state index in [2.05, 4.69) is 4.90 Å². The molecule has 90 valence electrons. The molecule has 0 aromatic carbocycles. The van der Waals surface area contributed by atoms with Gasteiger partial charge < -0.3 is 4.42 Å². The standard InChI is InChI=1S/C11H17NO3S/c1-10-4-5-12(6-8-16(10,13)14)9-11-3-2-7-15-11/h2-3,7,10H,4-6,8-9H2,1H3/t10-/m0/s1. The topological polar surface area (TPSA) is 50.5 Å². The van der Waals surface area contributed by atoms with Gasteiger partial charge in [-0.1, -0.05) is 0 Å². The Balaban J connectivity index is 1.99. The second-order valence-electron chi connectivity index (χ2n) is 4.32. The summed E-state index contributed by atoms with van der Waals surface area (Å²) in [6.45, 7) is 3.93. The first kappa shape index (κ1) is 11.7. The summed E-state index contributed by atoms with van der Waals surface area (Å²) in [4.78, 5) is 2.14. The molecule has 0 aliphatic carbocycles. The van der Waals surface area contributed by atoms with Gasteiger partial charge in [0.25, 0.3) is 0 Å². The summed E-state index contributed by atoms with van der Waals surface area (Å²) in [6, 6.07) is 3.77. The molecule has 1 aromatic heterocycles. The minimum absolute atomic E-state index is 0.214. The Hall–Kier alpha value is -0.810. The minimum atomic E-state index is -2.88. The van der Waals surface area contributed by atoms with Crippen LogP contribution in [0.15, 0.2) is 22.8 Å². The Kier molecular flexibility index (Phi) is 3.35. The Morgan fingerprint density at radius 1 is 1.50 bits per heavy atom. The molecule has 0 radical (unpaired) electrons. The average Bonchev–Trinajstić information content (AvgIpc) is 2.70. The van der Waals surface area contributed by atoms with E-state index in [1.54, 1.807) is 13.2 Å². The number of furan rings is 1. The van der Waals surface area contributed by atoms with Crippen molar-refractivity contribution < 1.29 is 12.8 Å². The molecule has 4 nitrogen and oxygen atoms in total. The van der Waals surface area contributed by atoms with Crippen molar-refractivity contribution in [3.05, 3.63) is 24.2 Å². The van der Waals surface area contributed by atoms with Gasteiger partial charge in [0.1, 0.15) is 5.76 Å². The SMILES string of the molecule is C[C@H]1CCN(Cc2ccco2)CCS1(=O)=O. The quantitative estimate of drug-likeness (QED) is 0.785. The van der Waals surface area contributed by atoms with E-state index in [0.29, 0.717) is 19.5 Å². The van der Waals surface area contributed by atoms with Crippen LogP contribution in [-0.4, -0.2) is 37.4 Å². The van der Waals surface area contributed by atoms with Gasteiger partial charge in [-0.15, -0.1) is 0 Å². The predicted octanol–water partition coefficient (Wildman–Crippen LogP) is 1.29. The number of nitrogens with zero attached hydrogens (tertiary/aromatic N) is 1. The van der Waals surface area contributed by atoms with Crippen molar-refractivity contribution in [3.63, 3.8) is 0 Å². The van der Waals surface area contributed by atoms with Crippen LogP contribution >= 0.6 is 0 Å². The summed E-state index contributed by atoms with van der Waals surface area (Å²) < 4.78 is 28.7. The molecule has 0 bridgehead atoms. The predicted molar refractivity (Wildman–Crippen MR) is 61.9 cm³/mol. The molecule has 1 saturated heterocycles. The maximum Gasteiger partial charge on any atom is 0.154 e. The molecule has 1 aliphatic rings. The molecule has 0 unspecified atom stereocenters. The highest BCUT2D eigenvalue weighted by molar-refractivity contribution is 7.92. The average molecular weight is 243 g/mol. The third kappa shape index (κ3) is 2.65. The second kappa shape index (κ2) is 4.59. The molecule has 0 spiro atoms. The molecule has 1 aromatic rings. The lowest BCUT2D eigenvalue weighted by Gasteiger charge is -2.17. The zero-order valence-electron chi connectivity index (χ0n) is 9.43. The highest BCUT2D eigenvalue weighted by Gasteiger charge is 2.26. The highest BCUT2D eigenvalue weighted by atomic mass is 32.2. The molecule has 2 heterocycles. The van der Waals surface area contributed by atoms with Gasteiger partial charge in [0.15, 0.2) is 9.84 Å². The molecular weight excluding hydrogens is 226 g/mol. The molecule has 1 atom stereocenters. The smallest absolute Gasteiger partial charge is 0.154 e. The first-order valence-corrected chi connectivity index (χ1v) is 7.26. The fourth-order valence-corrected chi connectivity index (χ4v) is 3.27. The Morgan fingerprint density at radius 2 is 2.31 bits per heavy atom. The van der Waals surface area contributed by atoms with E-state index in [4.69, 9.17) is 4.42 Å². The lowest BCUT2D eigenvalue weighted by Crippen LogP contribution is -2.26. The van der Waals surface area contributed by atoms with E-state index in [9.17, 15) is 8.42 Å². The second-order valence-corrected chi connectivity index (χ2v) is 6.86. The monoisotopic (exact) mass is 243 g/mol. The van der Waals surface area contributed by atoms with Crippen molar-refractivity contribution in [1.29, 1.82) is 0 Å². The van der Waals surface area contributed by atoms with Crippen LogP contribution in [-0.2, 0) is 16.4 Å². The third-order valence-corrected chi connectivity index (χ3v) is 5.33. The third-order valence-electron chi connectivity index (χ3n) is 3.12. The molecule has 5 heteroatoms. The van der Waals surface area contributed by atoms with Crippen molar-refractivity contribution in [2.75, 3.05) is 18.8 Å². The fourth-order valence-electron chi connectivity index (χ4n) is 1.89. The Labute approximate surface area is 96.2 Å². The molecule has 0 amide bonds. The number of rotatable bonds is 2. The molecular formula is C11H17NO3S. The minimum Gasteiger partial charge on any atom is -0.468 e. The van der Waals surface area contributed by atoms with Crippen LogP contribution < -0.4 is 0 Å². The van der Waals surface area contributed by atoms with Gasteiger partial charge in [0.2, 0.25) is 0 Å². The van der Waals surface area contributed by atoms with Gasteiger partial charge in [0, 0.05) is 6.54 Å². The molecule has 2 rings (SSSR count). The zero-order valence-corrected chi connectivity index (χ0v) is 10.2. The van der Waals surface area contributed by atoms with Crippen molar-refractivity contribution in [2.45, 2.75) is 25.1 Å². The van der Waals surface area contributed by atoms with Crippen molar-refractivity contribution in [1.82, 2.24) is 4.90 Å². The fraction of sp³-hybridized carbons (Fsp3) is 0.636. The van der Waals surface area contributed by atoms with Crippen LogP contribution in [0.3, 0.4) is 0 Å². The number of hydrogen-bond acceptors (Lipinski definition) is 4. The maximum absolute atomic E-state index is 11.7. The van der Waals surface area contributed by atoms with Gasteiger partial charge in [-0.05, 0) is 32.0 Å². The lowest BCUT2D eigenvalue weighted by atomic mass is 10.3. The van der Waals surface area contributed by atoms with Crippen LogP contribution in [0.5, 0.6) is 0 Å². The molecule has 1 fully saturated rings. The lowest BCUT2D eigenvalue weighted by molar-refractivity contribution is 0.259. The zero-order chi connectivity index (χ0) is 11.6. The van der Waals surface area contributed by atoms with E-state index in [1.807, 2.05) is 12.1 Å². The summed E-state index contributed by atoms with van der Waals surface area (Å²) >= 11 is 0.